The zero-order chi connectivity index (χ0) is 22.8. The largest absolute Gasteiger partial charge is 0.366 e. The summed E-state index contributed by atoms with van der Waals surface area (Å²) in [6.07, 6.45) is 0. The van der Waals surface area contributed by atoms with Crippen LogP contribution in [-0.2, 0) is 0 Å². The number of anilines is 3. The van der Waals surface area contributed by atoms with Gasteiger partial charge in [0.15, 0.2) is 0 Å². The van der Waals surface area contributed by atoms with Crippen molar-refractivity contribution in [2.45, 2.75) is 0 Å². The molecule has 0 aliphatic carbocycles. The molecule has 166 valence electrons. The van der Waals surface area contributed by atoms with E-state index in [4.69, 9.17) is 11.6 Å². The maximum absolute atomic E-state index is 14.1. The Morgan fingerprint density at radius 2 is 1.58 bits per heavy atom. The number of amides is 1. The van der Waals surface area contributed by atoms with Gasteiger partial charge in [-0.3, -0.25) is 4.79 Å². The van der Waals surface area contributed by atoms with E-state index in [1.807, 2.05) is 47.4 Å². The fraction of sp³-hybridized carbons (Fsp3) is 0.160. The van der Waals surface area contributed by atoms with Crippen LogP contribution in [0.2, 0.25) is 5.02 Å². The molecule has 3 aromatic carbocycles. The first-order valence-electron chi connectivity index (χ1n) is 10.7. The van der Waals surface area contributed by atoms with Gasteiger partial charge < -0.3 is 15.1 Å². The molecule has 1 fully saturated rings. The van der Waals surface area contributed by atoms with Crippen molar-refractivity contribution in [1.82, 2.24) is 14.9 Å². The smallest absolute Gasteiger partial charge is 0.291 e. The van der Waals surface area contributed by atoms with Crippen molar-refractivity contribution in [3.8, 4) is 0 Å². The van der Waals surface area contributed by atoms with Crippen molar-refractivity contribution in [2.75, 3.05) is 36.4 Å². The molecule has 1 saturated heterocycles. The molecule has 0 bridgehead atoms. The number of fused-ring (bicyclic) bond motifs is 1. The molecule has 0 unspecified atom stereocenters. The zero-order valence-electron chi connectivity index (χ0n) is 17.7. The van der Waals surface area contributed by atoms with Crippen LogP contribution < -0.4 is 10.2 Å². The Bertz CT molecular complexity index is 1310. The highest BCUT2D eigenvalue weighted by Crippen LogP contribution is 2.26. The number of nitrogens with zero attached hydrogens (tertiary/aromatic N) is 4. The molecule has 33 heavy (non-hydrogen) atoms. The predicted molar refractivity (Wildman–Crippen MR) is 129 cm³/mol. The molecule has 0 saturated carbocycles. The van der Waals surface area contributed by atoms with Crippen LogP contribution in [0.1, 0.15) is 10.6 Å². The Hall–Kier alpha value is -3.71. The van der Waals surface area contributed by atoms with Crippen molar-refractivity contribution in [2.24, 2.45) is 0 Å². The first kappa shape index (κ1) is 21.2. The zero-order valence-corrected chi connectivity index (χ0v) is 18.5. The molecule has 2 heterocycles. The summed E-state index contributed by atoms with van der Waals surface area (Å²) in [6.45, 7) is 2.00. The Labute approximate surface area is 195 Å². The second-order valence-electron chi connectivity index (χ2n) is 7.78. The summed E-state index contributed by atoms with van der Waals surface area (Å²) in [5, 5.41) is 4.73. The lowest BCUT2D eigenvalue weighted by atomic mass is 10.2. The van der Waals surface area contributed by atoms with Gasteiger partial charge in [0.2, 0.25) is 5.82 Å². The molecule has 5 rings (SSSR count). The number of nitrogens with one attached hydrogen (secondary N) is 1. The first-order chi connectivity index (χ1) is 16.1. The number of carbonyl (C=O) groups is 1. The van der Waals surface area contributed by atoms with Crippen LogP contribution in [0.3, 0.4) is 0 Å². The van der Waals surface area contributed by atoms with Gasteiger partial charge in [-0.25, -0.2) is 14.4 Å². The maximum Gasteiger partial charge on any atom is 0.291 e. The molecule has 0 atom stereocenters. The summed E-state index contributed by atoms with van der Waals surface area (Å²) in [6, 6.07) is 21.5. The van der Waals surface area contributed by atoms with Crippen LogP contribution in [0.25, 0.3) is 10.9 Å². The van der Waals surface area contributed by atoms with Crippen molar-refractivity contribution < 1.29 is 9.18 Å². The molecule has 1 aliphatic rings. The molecule has 0 radical (unpaired) electrons. The number of para-hydroxylation sites is 2. The second-order valence-corrected chi connectivity index (χ2v) is 8.21. The summed E-state index contributed by atoms with van der Waals surface area (Å²) in [7, 11) is 0. The number of piperazine rings is 1. The van der Waals surface area contributed by atoms with Gasteiger partial charge in [-0.05, 0) is 48.5 Å². The predicted octanol–water partition coefficient (Wildman–Crippen LogP) is 5.13. The highest BCUT2D eigenvalue weighted by Gasteiger charge is 2.26. The van der Waals surface area contributed by atoms with Crippen LogP contribution in [0.5, 0.6) is 0 Å². The molecule has 1 N–H and O–H groups in total. The Morgan fingerprint density at radius 3 is 2.33 bits per heavy atom. The minimum Gasteiger partial charge on any atom is -0.366 e. The number of hydrogen-bond acceptors (Lipinski definition) is 5. The number of halogens is 2. The van der Waals surface area contributed by atoms with Gasteiger partial charge in [0.1, 0.15) is 11.6 Å². The van der Waals surface area contributed by atoms with E-state index in [2.05, 4.69) is 15.3 Å². The Balaban J connectivity index is 1.38. The van der Waals surface area contributed by atoms with Crippen LogP contribution in [-0.4, -0.2) is 47.0 Å². The summed E-state index contributed by atoms with van der Waals surface area (Å²) < 4.78 is 14.1. The van der Waals surface area contributed by atoms with E-state index in [-0.39, 0.29) is 17.5 Å². The van der Waals surface area contributed by atoms with E-state index < -0.39 is 0 Å². The fourth-order valence-electron chi connectivity index (χ4n) is 3.94. The van der Waals surface area contributed by atoms with Crippen LogP contribution in [0.15, 0.2) is 72.8 Å². The first-order valence-corrected chi connectivity index (χ1v) is 11.0. The normalized spacial score (nSPS) is 13.9. The molecule has 1 aliphatic heterocycles. The van der Waals surface area contributed by atoms with Gasteiger partial charge in [-0.2, -0.15) is 0 Å². The lowest BCUT2D eigenvalue weighted by Gasteiger charge is -2.35. The Kier molecular flexibility index (Phi) is 5.79. The van der Waals surface area contributed by atoms with Gasteiger partial charge in [-0.15, -0.1) is 0 Å². The number of benzene rings is 3. The van der Waals surface area contributed by atoms with E-state index >= 15 is 0 Å². The van der Waals surface area contributed by atoms with Crippen LogP contribution in [0, 0.1) is 5.82 Å². The average molecular weight is 462 g/mol. The summed E-state index contributed by atoms with van der Waals surface area (Å²) in [5.41, 5.74) is 2.04. The Morgan fingerprint density at radius 1 is 0.879 bits per heavy atom. The standard InChI is InChI=1S/C25H21ClFN5O/c26-17-9-11-18(12-10-17)28-23-19-5-1-3-7-21(19)29-24(30-23)25(33)32-15-13-31(14-16-32)22-8-4-2-6-20(22)27/h1-12H,13-16H2,(H,28,29,30). The topological polar surface area (TPSA) is 61.4 Å². The lowest BCUT2D eigenvalue weighted by Crippen LogP contribution is -2.49. The van der Waals surface area contributed by atoms with Crippen molar-refractivity contribution in [1.29, 1.82) is 0 Å². The fourth-order valence-corrected chi connectivity index (χ4v) is 4.06. The summed E-state index contributed by atoms with van der Waals surface area (Å²) >= 11 is 5.99. The number of aromatic nitrogens is 2. The minimum atomic E-state index is -0.256. The number of hydrogen-bond donors (Lipinski definition) is 1. The molecule has 8 heteroatoms. The highest BCUT2D eigenvalue weighted by atomic mass is 35.5. The van der Waals surface area contributed by atoms with Crippen molar-refractivity contribution in [3.63, 3.8) is 0 Å². The molecule has 1 aromatic heterocycles. The second kappa shape index (κ2) is 9.03. The van der Waals surface area contributed by atoms with Crippen molar-refractivity contribution >= 4 is 45.6 Å². The monoisotopic (exact) mass is 461 g/mol. The minimum absolute atomic E-state index is 0.129. The number of carbonyl (C=O) groups excluding carboxylic acids is 1. The van der Waals surface area contributed by atoms with Gasteiger partial charge in [-0.1, -0.05) is 35.9 Å². The molecular weight excluding hydrogens is 441 g/mol. The van der Waals surface area contributed by atoms with Gasteiger partial charge in [0, 0.05) is 42.3 Å². The van der Waals surface area contributed by atoms with Crippen molar-refractivity contribution in [3.05, 3.63) is 89.5 Å². The van der Waals surface area contributed by atoms with Crippen LogP contribution >= 0.6 is 11.6 Å². The van der Waals surface area contributed by atoms with E-state index in [0.29, 0.717) is 48.2 Å². The highest BCUT2D eigenvalue weighted by molar-refractivity contribution is 6.30. The molecule has 4 aromatic rings. The molecule has 1 amide bonds. The average Bonchev–Trinajstić information content (AvgIpc) is 2.85. The van der Waals surface area contributed by atoms with E-state index in [9.17, 15) is 9.18 Å². The third kappa shape index (κ3) is 4.45. The molecule has 6 nitrogen and oxygen atoms in total. The van der Waals surface area contributed by atoms with E-state index in [1.54, 1.807) is 29.2 Å². The van der Waals surface area contributed by atoms with Gasteiger partial charge in [0.25, 0.3) is 5.91 Å². The lowest BCUT2D eigenvalue weighted by molar-refractivity contribution is 0.0735. The molecular formula is C25H21ClFN5O. The van der Waals surface area contributed by atoms with Gasteiger partial charge >= 0.3 is 0 Å². The third-order valence-corrected chi connectivity index (χ3v) is 5.91. The van der Waals surface area contributed by atoms with Gasteiger partial charge in [0.05, 0.1) is 11.2 Å². The maximum atomic E-state index is 14.1. The third-order valence-electron chi connectivity index (χ3n) is 5.66. The van der Waals surface area contributed by atoms with E-state index in [1.165, 1.54) is 6.07 Å². The van der Waals surface area contributed by atoms with E-state index in [0.717, 1.165) is 11.1 Å². The SMILES string of the molecule is O=C(c1nc(Nc2ccc(Cl)cc2)c2ccccc2n1)N1CCN(c2ccccc2F)CC1. The number of rotatable bonds is 4. The van der Waals surface area contributed by atoms with Crippen LogP contribution in [0.4, 0.5) is 21.6 Å². The molecule has 0 spiro atoms. The quantitative estimate of drug-likeness (QED) is 0.456. The summed E-state index contributed by atoms with van der Waals surface area (Å²) in [5.74, 6) is 0.182. The summed E-state index contributed by atoms with van der Waals surface area (Å²) in [4.78, 5) is 26.0.